The number of aromatic nitrogens is 1. The lowest BCUT2D eigenvalue weighted by atomic mass is 10.1. The van der Waals surface area contributed by atoms with Gasteiger partial charge >= 0.3 is 0 Å². The molecule has 4 rings (SSSR count). The van der Waals surface area contributed by atoms with Gasteiger partial charge in [-0.25, -0.2) is 4.98 Å². The molecule has 3 aromatic rings. The van der Waals surface area contributed by atoms with Crippen LogP contribution < -0.4 is 15.0 Å². The maximum atomic E-state index is 12.6. The summed E-state index contributed by atoms with van der Waals surface area (Å²) in [6.07, 6.45) is 2.29. The summed E-state index contributed by atoms with van der Waals surface area (Å²) in [7, 11) is 0. The molecular weight excluding hydrogens is 456 g/mol. The third kappa shape index (κ3) is 4.71. The summed E-state index contributed by atoms with van der Waals surface area (Å²) in [6.45, 7) is 1.36. The lowest BCUT2D eigenvalue weighted by Gasteiger charge is -2.28. The van der Waals surface area contributed by atoms with Crippen LogP contribution >= 0.6 is 22.9 Å². The van der Waals surface area contributed by atoms with Gasteiger partial charge in [-0.15, -0.1) is 11.3 Å². The molecule has 1 aliphatic heterocycles. The number of benzene rings is 2. The number of carbonyl (C=O) groups excluding carboxylic acids is 2. The lowest BCUT2D eigenvalue weighted by Crippen LogP contribution is -2.43. The van der Waals surface area contributed by atoms with E-state index in [1.165, 1.54) is 34.4 Å². The van der Waals surface area contributed by atoms with Gasteiger partial charge in [0, 0.05) is 34.7 Å². The van der Waals surface area contributed by atoms with Crippen LogP contribution in [0.5, 0.6) is 5.75 Å². The van der Waals surface area contributed by atoms with E-state index in [0.29, 0.717) is 22.3 Å². The first kappa shape index (κ1) is 21.7. The Bertz CT molecular complexity index is 1230. The van der Waals surface area contributed by atoms with E-state index in [9.17, 15) is 19.7 Å². The molecule has 9 nitrogen and oxygen atoms in total. The predicted molar refractivity (Wildman–Crippen MR) is 121 cm³/mol. The maximum Gasteiger partial charge on any atom is 0.271 e. The number of ether oxygens (including phenoxy) is 1. The van der Waals surface area contributed by atoms with Crippen LogP contribution in [-0.2, 0) is 16.0 Å². The largest absolute Gasteiger partial charge is 0.482 e. The Morgan fingerprint density at radius 3 is 2.91 bits per heavy atom. The number of carbonyl (C=O) groups is 2. The van der Waals surface area contributed by atoms with Crippen molar-refractivity contribution in [2.24, 2.45) is 0 Å². The van der Waals surface area contributed by atoms with Crippen molar-refractivity contribution < 1.29 is 19.2 Å². The van der Waals surface area contributed by atoms with Crippen molar-refractivity contribution in [1.29, 1.82) is 0 Å². The van der Waals surface area contributed by atoms with Gasteiger partial charge in [0.2, 0.25) is 5.91 Å². The molecule has 32 heavy (non-hydrogen) atoms. The highest BCUT2D eigenvalue weighted by Gasteiger charge is 2.29. The number of anilines is 2. The second-order valence-corrected chi connectivity index (χ2v) is 8.64. The second kappa shape index (κ2) is 8.93. The van der Waals surface area contributed by atoms with E-state index < -0.39 is 16.7 Å². The van der Waals surface area contributed by atoms with Crippen molar-refractivity contribution in [1.82, 2.24) is 4.98 Å². The summed E-state index contributed by atoms with van der Waals surface area (Å²) >= 11 is 7.49. The molecule has 0 unspecified atom stereocenters. The van der Waals surface area contributed by atoms with E-state index in [1.807, 2.05) is 25.1 Å². The average molecular weight is 473 g/mol. The second-order valence-electron chi connectivity index (χ2n) is 7.12. The number of nitrogens with one attached hydrogen (secondary N) is 1. The van der Waals surface area contributed by atoms with E-state index in [-0.39, 0.29) is 24.5 Å². The number of thiazole rings is 1. The molecular formula is C21H17ClN4O5S. The van der Waals surface area contributed by atoms with Crippen LogP contribution in [-0.4, -0.2) is 34.9 Å². The number of hydrogen-bond donors (Lipinski definition) is 1. The van der Waals surface area contributed by atoms with Gasteiger partial charge in [-0.2, -0.15) is 0 Å². The van der Waals surface area contributed by atoms with E-state index >= 15 is 0 Å². The summed E-state index contributed by atoms with van der Waals surface area (Å²) in [5, 5.41) is 14.8. The molecule has 0 aliphatic carbocycles. The number of non-ortho nitro benzene ring substituents is 1. The van der Waals surface area contributed by atoms with Gasteiger partial charge in [-0.3, -0.25) is 24.6 Å². The molecule has 0 saturated carbocycles. The highest BCUT2D eigenvalue weighted by Crippen LogP contribution is 2.35. The molecule has 2 heterocycles. The van der Waals surface area contributed by atoms with Gasteiger partial charge in [-0.1, -0.05) is 23.7 Å². The molecule has 2 aromatic carbocycles. The Kier molecular flexibility index (Phi) is 6.06. The molecule has 0 fully saturated rings. The fourth-order valence-electron chi connectivity index (χ4n) is 3.17. The normalized spacial score (nSPS) is 12.8. The molecule has 1 N–H and O–H groups in total. The molecule has 2 amide bonds. The molecule has 0 atom stereocenters. The predicted octanol–water partition coefficient (Wildman–Crippen LogP) is 3.97. The SMILES string of the molecule is Cc1ccc(Cc2cnc(NC(=O)CN3C(=O)COc4ccc([N+](=O)[O-])cc43)s2)cc1Cl. The minimum Gasteiger partial charge on any atom is -0.482 e. The zero-order valence-corrected chi connectivity index (χ0v) is 18.4. The summed E-state index contributed by atoms with van der Waals surface area (Å²) in [5.74, 6) is -0.641. The third-order valence-corrected chi connectivity index (χ3v) is 6.13. The molecule has 0 bridgehead atoms. The van der Waals surface area contributed by atoms with Crippen LogP contribution in [0.2, 0.25) is 5.02 Å². The number of hydrogen-bond acceptors (Lipinski definition) is 7. The van der Waals surface area contributed by atoms with Gasteiger partial charge in [0.05, 0.1) is 10.6 Å². The number of nitro groups is 1. The molecule has 11 heteroatoms. The highest BCUT2D eigenvalue weighted by atomic mass is 35.5. The summed E-state index contributed by atoms with van der Waals surface area (Å²) in [5.41, 5.74) is 2.01. The van der Waals surface area contributed by atoms with Crippen molar-refractivity contribution in [3.05, 3.63) is 73.7 Å². The van der Waals surface area contributed by atoms with E-state index in [1.54, 1.807) is 6.20 Å². The first-order chi connectivity index (χ1) is 15.3. The van der Waals surface area contributed by atoms with E-state index in [4.69, 9.17) is 16.3 Å². The number of amides is 2. The Labute approximate surface area is 191 Å². The van der Waals surface area contributed by atoms with Crippen LogP contribution in [0.4, 0.5) is 16.5 Å². The Morgan fingerprint density at radius 1 is 1.34 bits per heavy atom. The van der Waals surface area contributed by atoms with E-state index in [0.717, 1.165) is 16.0 Å². The van der Waals surface area contributed by atoms with E-state index in [2.05, 4.69) is 10.3 Å². The first-order valence-electron chi connectivity index (χ1n) is 9.51. The van der Waals surface area contributed by atoms with Gasteiger partial charge in [0.15, 0.2) is 11.7 Å². The van der Waals surface area contributed by atoms with Crippen LogP contribution in [0.1, 0.15) is 16.0 Å². The zero-order valence-electron chi connectivity index (χ0n) is 16.8. The number of halogens is 1. The fourth-order valence-corrected chi connectivity index (χ4v) is 4.24. The molecule has 0 saturated heterocycles. The van der Waals surface area contributed by atoms with Crippen LogP contribution in [0.3, 0.4) is 0 Å². The maximum absolute atomic E-state index is 12.6. The van der Waals surface area contributed by atoms with Gasteiger partial charge in [0.1, 0.15) is 12.3 Å². The third-order valence-electron chi connectivity index (χ3n) is 4.81. The Hall–Kier alpha value is -3.50. The summed E-state index contributed by atoms with van der Waals surface area (Å²) in [4.78, 5) is 41.7. The van der Waals surface area contributed by atoms with Crippen molar-refractivity contribution in [3.63, 3.8) is 0 Å². The van der Waals surface area contributed by atoms with Crippen LogP contribution in [0, 0.1) is 17.0 Å². The molecule has 0 spiro atoms. The topological polar surface area (TPSA) is 115 Å². The van der Waals surface area contributed by atoms with Crippen molar-refractivity contribution in [3.8, 4) is 5.75 Å². The number of fused-ring (bicyclic) bond motifs is 1. The lowest BCUT2D eigenvalue weighted by molar-refractivity contribution is -0.384. The number of nitrogens with zero attached hydrogens (tertiary/aromatic N) is 3. The number of rotatable bonds is 6. The minimum atomic E-state index is -0.573. The van der Waals surface area contributed by atoms with Crippen LogP contribution in [0.25, 0.3) is 0 Å². The van der Waals surface area contributed by atoms with Gasteiger partial charge in [-0.05, 0) is 30.2 Å². The molecule has 0 radical (unpaired) electrons. The minimum absolute atomic E-state index is 0.182. The Morgan fingerprint density at radius 2 is 2.16 bits per heavy atom. The van der Waals surface area contributed by atoms with Crippen molar-refractivity contribution in [2.45, 2.75) is 13.3 Å². The fraction of sp³-hybridized carbons (Fsp3) is 0.190. The number of aryl methyl sites for hydroxylation is 1. The van der Waals surface area contributed by atoms with Crippen molar-refractivity contribution in [2.75, 3.05) is 23.4 Å². The standard InChI is InChI=1S/C21H17ClN4O5S/c1-12-2-3-13(7-16(12)22)6-15-9-23-21(32-15)24-19(27)10-25-17-8-14(26(29)30)4-5-18(17)31-11-20(25)28/h2-5,7-9H,6,10-11H2,1H3,(H,23,24,27). The van der Waals surface area contributed by atoms with Gasteiger partial charge < -0.3 is 10.1 Å². The zero-order chi connectivity index (χ0) is 22.8. The average Bonchev–Trinajstić information content (AvgIpc) is 3.19. The smallest absolute Gasteiger partial charge is 0.271 e. The monoisotopic (exact) mass is 472 g/mol. The number of nitro benzene ring substituents is 1. The van der Waals surface area contributed by atoms with Crippen molar-refractivity contribution >= 4 is 51.3 Å². The molecule has 1 aliphatic rings. The quantitative estimate of drug-likeness (QED) is 0.429. The molecule has 1 aromatic heterocycles. The first-order valence-corrected chi connectivity index (χ1v) is 10.7. The van der Waals surface area contributed by atoms with Gasteiger partial charge in [0.25, 0.3) is 11.6 Å². The molecule has 164 valence electrons. The summed E-state index contributed by atoms with van der Waals surface area (Å²) < 4.78 is 5.31. The Balaban J connectivity index is 1.44. The summed E-state index contributed by atoms with van der Waals surface area (Å²) in [6, 6.07) is 9.74. The highest BCUT2D eigenvalue weighted by molar-refractivity contribution is 7.15. The van der Waals surface area contributed by atoms with Crippen LogP contribution in [0.15, 0.2) is 42.6 Å².